The van der Waals surface area contributed by atoms with Crippen molar-refractivity contribution >= 4 is 0 Å². The first-order valence-corrected chi connectivity index (χ1v) is 7.91. The van der Waals surface area contributed by atoms with Gasteiger partial charge in [0.2, 0.25) is 0 Å². The largest absolute Gasteiger partial charge is 0.496 e. The number of likely N-dealkylation sites (N-methyl/N-ethyl adjacent to an activating group) is 1. The second-order valence-electron chi connectivity index (χ2n) is 5.83. The van der Waals surface area contributed by atoms with Gasteiger partial charge in [-0.25, -0.2) is 0 Å². The Morgan fingerprint density at radius 2 is 1.86 bits per heavy atom. The summed E-state index contributed by atoms with van der Waals surface area (Å²) in [5, 5.41) is 10.5. The van der Waals surface area contributed by atoms with Crippen LogP contribution in [0.15, 0.2) is 18.2 Å². The average molecular weight is 292 g/mol. The minimum Gasteiger partial charge on any atom is -0.496 e. The fourth-order valence-electron chi connectivity index (χ4n) is 2.90. The third kappa shape index (κ3) is 4.43. The molecule has 0 radical (unpaired) electrons. The Hall–Kier alpha value is -1.10. The Morgan fingerprint density at radius 1 is 1.19 bits per heavy atom. The second kappa shape index (κ2) is 7.78. The molecule has 1 heterocycles. The molecule has 0 amide bonds. The molecule has 1 saturated heterocycles. The number of nitrogens with zero attached hydrogens (tertiary/aromatic N) is 2. The van der Waals surface area contributed by atoms with E-state index in [1.807, 2.05) is 25.1 Å². The number of methoxy groups -OCH3 is 1. The summed E-state index contributed by atoms with van der Waals surface area (Å²) in [5.74, 6) is 0.781. The molecule has 1 unspecified atom stereocenters. The molecule has 1 fully saturated rings. The summed E-state index contributed by atoms with van der Waals surface area (Å²) in [5.41, 5.74) is 2.06. The molecule has 4 nitrogen and oxygen atoms in total. The molecular formula is C17H28N2O2. The highest BCUT2D eigenvalue weighted by Gasteiger charge is 2.18. The minimum atomic E-state index is -0.455. The molecule has 2 rings (SSSR count). The first-order valence-electron chi connectivity index (χ1n) is 7.91. The Kier molecular flexibility index (Phi) is 6.03. The van der Waals surface area contributed by atoms with E-state index in [0.29, 0.717) is 0 Å². The third-order valence-corrected chi connectivity index (χ3v) is 4.38. The summed E-state index contributed by atoms with van der Waals surface area (Å²) in [6, 6.07) is 5.98. The molecule has 21 heavy (non-hydrogen) atoms. The van der Waals surface area contributed by atoms with Crippen molar-refractivity contribution in [3.63, 3.8) is 0 Å². The molecule has 1 aromatic carbocycles. The third-order valence-electron chi connectivity index (χ3n) is 4.38. The molecule has 0 bridgehead atoms. The lowest BCUT2D eigenvalue weighted by Crippen LogP contribution is -2.46. The van der Waals surface area contributed by atoms with Crippen LogP contribution >= 0.6 is 0 Å². The molecule has 1 atom stereocenters. The van der Waals surface area contributed by atoms with E-state index in [2.05, 4.69) is 16.7 Å². The van der Waals surface area contributed by atoms with Crippen LogP contribution in [0.4, 0.5) is 0 Å². The van der Waals surface area contributed by atoms with Crippen LogP contribution in [0.3, 0.4) is 0 Å². The zero-order chi connectivity index (χ0) is 15.2. The fraction of sp³-hybridized carbons (Fsp3) is 0.647. The van der Waals surface area contributed by atoms with E-state index in [1.54, 1.807) is 7.11 Å². The molecule has 0 saturated carbocycles. The number of rotatable bonds is 6. The first kappa shape index (κ1) is 16.3. The van der Waals surface area contributed by atoms with Crippen molar-refractivity contribution in [2.75, 3.05) is 46.4 Å². The number of benzene rings is 1. The van der Waals surface area contributed by atoms with Crippen molar-refractivity contribution < 1.29 is 9.84 Å². The van der Waals surface area contributed by atoms with Gasteiger partial charge < -0.3 is 19.6 Å². The van der Waals surface area contributed by atoms with Crippen LogP contribution in [0.5, 0.6) is 5.75 Å². The normalized spacial score (nSPS) is 18.7. The van der Waals surface area contributed by atoms with Gasteiger partial charge in [-0.05, 0) is 32.0 Å². The summed E-state index contributed by atoms with van der Waals surface area (Å²) >= 11 is 0. The van der Waals surface area contributed by atoms with Gasteiger partial charge in [-0.2, -0.15) is 0 Å². The standard InChI is InChI=1S/C17H28N2O2/c1-4-18-9-11-19(12-10-18)8-7-16(20)15-13-14(2)5-6-17(15)21-3/h5-6,13,16,20H,4,7-12H2,1-3H3. The highest BCUT2D eigenvalue weighted by Crippen LogP contribution is 2.28. The summed E-state index contributed by atoms with van der Waals surface area (Å²) in [7, 11) is 1.66. The number of hydrogen-bond acceptors (Lipinski definition) is 4. The molecular weight excluding hydrogens is 264 g/mol. The van der Waals surface area contributed by atoms with Gasteiger partial charge in [0, 0.05) is 38.3 Å². The summed E-state index contributed by atoms with van der Waals surface area (Å²) in [6.45, 7) is 10.8. The van der Waals surface area contributed by atoms with E-state index in [1.165, 1.54) is 0 Å². The topological polar surface area (TPSA) is 35.9 Å². The van der Waals surface area contributed by atoms with E-state index in [4.69, 9.17) is 4.74 Å². The summed E-state index contributed by atoms with van der Waals surface area (Å²) < 4.78 is 5.36. The lowest BCUT2D eigenvalue weighted by atomic mass is 10.0. The molecule has 1 aromatic rings. The van der Waals surface area contributed by atoms with Crippen LogP contribution in [0.1, 0.15) is 30.6 Å². The Morgan fingerprint density at radius 3 is 2.48 bits per heavy atom. The average Bonchev–Trinajstić information content (AvgIpc) is 2.53. The SMILES string of the molecule is CCN1CCN(CCC(O)c2cc(C)ccc2OC)CC1. The van der Waals surface area contributed by atoms with Crippen LogP contribution in [-0.4, -0.2) is 61.3 Å². The first-order chi connectivity index (χ1) is 10.1. The van der Waals surface area contributed by atoms with Crippen molar-refractivity contribution in [1.29, 1.82) is 0 Å². The summed E-state index contributed by atoms with van der Waals surface area (Å²) in [6.07, 6.45) is 0.301. The zero-order valence-electron chi connectivity index (χ0n) is 13.5. The number of aryl methyl sites for hydroxylation is 1. The Labute approximate surface area is 128 Å². The lowest BCUT2D eigenvalue weighted by Gasteiger charge is -2.34. The number of aliphatic hydroxyl groups is 1. The van der Waals surface area contributed by atoms with Gasteiger partial charge in [0.25, 0.3) is 0 Å². The van der Waals surface area contributed by atoms with Crippen molar-refractivity contribution in [2.24, 2.45) is 0 Å². The van der Waals surface area contributed by atoms with E-state index < -0.39 is 6.10 Å². The molecule has 1 aliphatic rings. The van der Waals surface area contributed by atoms with E-state index in [-0.39, 0.29) is 0 Å². The van der Waals surface area contributed by atoms with Gasteiger partial charge in [-0.3, -0.25) is 0 Å². The smallest absolute Gasteiger partial charge is 0.124 e. The predicted octanol–water partition coefficient (Wildman–Crippen LogP) is 2.06. The van der Waals surface area contributed by atoms with Gasteiger partial charge in [0.15, 0.2) is 0 Å². The molecule has 0 aromatic heterocycles. The van der Waals surface area contributed by atoms with Crippen molar-refractivity contribution in [2.45, 2.75) is 26.4 Å². The van der Waals surface area contributed by atoms with Gasteiger partial charge in [0.1, 0.15) is 5.75 Å². The van der Waals surface area contributed by atoms with Crippen LogP contribution < -0.4 is 4.74 Å². The number of hydrogen-bond donors (Lipinski definition) is 1. The van der Waals surface area contributed by atoms with E-state index in [0.717, 1.165) is 62.6 Å². The quantitative estimate of drug-likeness (QED) is 0.871. The minimum absolute atomic E-state index is 0.455. The Balaban J connectivity index is 1.87. The second-order valence-corrected chi connectivity index (χ2v) is 5.83. The highest BCUT2D eigenvalue weighted by atomic mass is 16.5. The van der Waals surface area contributed by atoms with E-state index >= 15 is 0 Å². The van der Waals surface area contributed by atoms with Crippen LogP contribution in [0.2, 0.25) is 0 Å². The van der Waals surface area contributed by atoms with Crippen LogP contribution in [0, 0.1) is 6.92 Å². The van der Waals surface area contributed by atoms with Gasteiger partial charge in [-0.15, -0.1) is 0 Å². The zero-order valence-corrected chi connectivity index (χ0v) is 13.5. The highest BCUT2D eigenvalue weighted by molar-refractivity contribution is 5.38. The molecule has 0 aliphatic carbocycles. The summed E-state index contributed by atoms with van der Waals surface area (Å²) in [4.78, 5) is 4.91. The fourth-order valence-corrected chi connectivity index (χ4v) is 2.90. The molecule has 118 valence electrons. The van der Waals surface area contributed by atoms with Crippen molar-refractivity contribution in [3.8, 4) is 5.75 Å². The predicted molar refractivity (Wildman–Crippen MR) is 85.9 cm³/mol. The van der Waals surface area contributed by atoms with Gasteiger partial charge in [-0.1, -0.05) is 18.6 Å². The van der Waals surface area contributed by atoms with Crippen molar-refractivity contribution in [3.05, 3.63) is 29.3 Å². The van der Waals surface area contributed by atoms with Crippen LogP contribution in [0.25, 0.3) is 0 Å². The maximum absolute atomic E-state index is 10.5. The van der Waals surface area contributed by atoms with E-state index in [9.17, 15) is 5.11 Å². The molecule has 1 N–H and O–H groups in total. The maximum Gasteiger partial charge on any atom is 0.124 e. The van der Waals surface area contributed by atoms with Gasteiger partial charge in [0.05, 0.1) is 13.2 Å². The maximum atomic E-state index is 10.5. The monoisotopic (exact) mass is 292 g/mol. The van der Waals surface area contributed by atoms with Gasteiger partial charge >= 0.3 is 0 Å². The molecule has 4 heteroatoms. The molecule has 0 spiro atoms. The van der Waals surface area contributed by atoms with Crippen molar-refractivity contribution in [1.82, 2.24) is 9.80 Å². The number of ether oxygens (including phenoxy) is 1. The number of aliphatic hydroxyl groups excluding tert-OH is 1. The lowest BCUT2D eigenvalue weighted by molar-refractivity contribution is 0.104. The molecule has 1 aliphatic heterocycles. The van der Waals surface area contributed by atoms with Crippen LogP contribution in [-0.2, 0) is 0 Å². The number of piperazine rings is 1. The Bertz CT molecular complexity index is 442.